The Kier molecular flexibility index (Phi) is 1.41. The molecule has 2 heteroatoms. The van der Waals surface area contributed by atoms with Crippen molar-refractivity contribution in [1.82, 2.24) is 0 Å². The van der Waals surface area contributed by atoms with Gasteiger partial charge in [0.25, 0.3) is 0 Å². The van der Waals surface area contributed by atoms with Crippen LogP contribution < -0.4 is 11.1 Å². The molecule has 0 bridgehead atoms. The van der Waals surface area contributed by atoms with E-state index in [1.807, 2.05) is 0 Å². The monoisotopic (exact) mass is 174 g/mol. The van der Waals surface area contributed by atoms with Crippen molar-refractivity contribution in [2.24, 2.45) is 11.7 Å². The lowest BCUT2D eigenvalue weighted by Gasteiger charge is -2.25. The van der Waals surface area contributed by atoms with Crippen molar-refractivity contribution in [2.45, 2.75) is 18.4 Å². The maximum atomic E-state index is 5.71. The minimum Gasteiger partial charge on any atom is -0.381 e. The van der Waals surface area contributed by atoms with Crippen molar-refractivity contribution in [3.05, 3.63) is 29.8 Å². The number of benzene rings is 1. The Morgan fingerprint density at radius 1 is 1.38 bits per heavy atom. The molecule has 3 unspecified atom stereocenters. The number of para-hydroxylation sites is 1. The van der Waals surface area contributed by atoms with E-state index in [9.17, 15) is 0 Å². The van der Waals surface area contributed by atoms with E-state index >= 15 is 0 Å². The summed E-state index contributed by atoms with van der Waals surface area (Å²) in [5.74, 6) is 1.60. The number of hydrogen-bond donors (Lipinski definition) is 2. The summed E-state index contributed by atoms with van der Waals surface area (Å²) in [4.78, 5) is 0. The molecular weight excluding hydrogens is 160 g/mol. The first kappa shape index (κ1) is 7.39. The predicted octanol–water partition coefficient (Wildman–Crippen LogP) is 1.54. The summed E-state index contributed by atoms with van der Waals surface area (Å²) in [5.41, 5.74) is 8.51. The first-order valence-electron chi connectivity index (χ1n) is 4.95. The molecule has 2 aliphatic rings. The van der Waals surface area contributed by atoms with Gasteiger partial charge in [-0.2, -0.15) is 0 Å². The van der Waals surface area contributed by atoms with Crippen molar-refractivity contribution in [3.8, 4) is 0 Å². The molecule has 1 aliphatic carbocycles. The molecule has 1 aromatic carbocycles. The third-order valence-electron chi connectivity index (χ3n) is 3.31. The molecule has 1 heterocycles. The fourth-order valence-corrected chi connectivity index (χ4v) is 2.51. The summed E-state index contributed by atoms with van der Waals surface area (Å²) in [6.45, 7) is 0.759. The molecule has 1 fully saturated rings. The summed E-state index contributed by atoms with van der Waals surface area (Å²) < 4.78 is 0. The van der Waals surface area contributed by atoms with Gasteiger partial charge in [0.15, 0.2) is 0 Å². The van der Waals surface area contributed by atoms with Crippen molar-refractivity contribution >= 4 is 5.69 Å². The molecular formula is C11H14N2. The van der Waals surface area contributed by atoms with Crippen LogP contribution in [0.25, 0.3) is 0 Å². The van der Waals surface area contributed by atoms with Gasteiger partial charge in [-0.15, -0.1) is 0 Å². The Labute approximate surface area is 78.1 Å². The molecule has 1 aromatic rings. The van der Waals surface area contributed by atoms with Crippen LogP contribution in [0.1, 0.15) is 17.9 Å². The van der Waals surface area contributed by atoms with E-state index in [4.69, 9.17) is 5.73 Å². The summed E-state index contributed by atoms with van der Waals surface area (Å²) in [7, 11) is 0. The van der Waals surface area contributed by atoms with Gasteiger partial charge in [-0.3, -0.25) is 0 Å². The molecule has 1 aliphatic heterocycles. The maximum Gasteiger partial charge on any atom is 0.0418 e. The van der Waals surface area contributed by atoms with E-state index in [1.165, 1.54) is 17.7 Å². The van der Waals surface area contributed by atoms with Gasteiger partial charge in [0.1, 0.15) is 0 Å². The van der Waals surface area contributed by atoms with Gasteiger partial charge >= 0.3 is 0 Å². The SMILES string of the molecule is NCC1Nc2ccccc2C2CC12. The zero-order valence-electron chi connectivity index (χ0n) is 7.53. The molecule has 3 N–H and O–H groups in total. The molecule has 3 atom stereocenters. The van der Waals surface area contributed by atoms with Gasteiger partial charge in [0, 0.05) is 18.3 Å². The molecule has 1 saturated carbocycles. The van der Waals surface area contributed by atoms with Crippen molar-refractivity contribution in [1.29, 1.82) is 0 Å². The predicted molar refractivity (Wildman–Crippen MR) is 53.8 cm³/mol. The van der Waals surface area contributed by atoms with Crippen LogP contribution in [0.4, 0.5) is 5.69 Å². The number of anilines is 1. The van der Waals surface area contributed by atoms with Crippen molar-refractivity contribution in [2.75, 3.05) is 11.9 Å². The first-order chi connectivity index (χ1) is 6.40. The minimum absolute atomic E-state index is 0.514. The van der Waals surface area contributed by atoms with Crippen LogP contribution in [0.15, 0.2) is 24.3 Å². The Morgan fingerprint density at radius 3 is 3.08 bits per heavy atom. The van der Waals surface area contributed by atoms with Crippen LogP contribution in [-0.2, 0) is 0 Å². The molecule has 0 radical (unpaired) electrons. The highest BCUT2D eigenvalue weighted by atomic mass is 15.0. The third-order valence-corrected chi connectivity index (χ3v) is 3.31. The molecule has 0 amide bonds. The number of fused-ring (bicyclic) bond motifs is 3. The highest BCUT2D eigenvalue weighted by molar-refractivity contribution is 5.58. The highest BCUT2D eigenvalue weighted by Crippen LogP contribution is 2.55. The lowest BCUT2D eigenvalue weighted by Crippen LogP contribution is -2.33. The average Bonchev–Trinajstić information content (AvgIpc) is 2.96. The second-order valence-corrected chi connectivity index (χ2v) is 4.08. The maximum absolute atomic E-state index is 5.71. The third kappa shape index (κ3) is 0.985. The van der Waals surface area contributed by atoms with Gasteiger partial charge in [-0.05, 0) is 29.9 Å². The first-order valence-corrected chi connectivity index (χ1v) is 4.95. The summed E-state index contributed by atoms with van der Waals surface area (Å²) in [5, 5.41) is 3.51. The van der Waals surface area contributed by atoms with Crippen LogP contribution in [0.2, 0.25) is 0 Å². The topological polar surface area (TPSA) is 38.0 Å². The second kappa shape index (κ2) is 2.48. The van der Waals surface area contributed by atoms with Crippen molar-refractivity contribution in [3.63, 3.8) is 0 Å². The Bertz CT molecular complexity index is 335. The fraction of sp³-hybridized carbons (Fsp3) is 0.455. The van der Waals surface area contributed by atoms with Crippen LogP contribution in [-0.4, -0.2) is 12.6 Å². The van der Waals surface area contributed by atoms with E-state index in [2.05, 4.69) is 29.6 Å². The zero-order valence-corrected chi connectivity index (χ0v) is 7.53. The molecule has 0 spiro atoms. The van der Waals surface area contributed by atoms with Gasteiger partial charge in [0.05, 0.1) is 0 Å². The molecule has 3 rings (SSSR count). The Morgan fingerprint density at radius 2 is 2.23 bits per heavy atom. The van der Waals surface area contributed by atoms with Crippen LogP contribution in [0.3, 0.4) is 0 Å². The van der Waals surface area contributed by atoms with E-state index in [1.54, 1.807) is 0 Å². The van der Waals surface area contributed by atoms with Gasteiger partial charge in [0.2, 0.25) is 0 Å². The lowest BCUT2D eigenvalue weighted by molar-refractivity contribution is 0.613. The molecule has 13 heavy (non-hydrogen) atoms. The van der Waals surface area contributed by atoms with Crippen molar-refractivity contribution < 1.29 is 0 Å². The summed E-state index contributed by atoms with van der Waals surface area (Å²) >= 11 is 0. The molecule has 0 aromatic heterocycles. The van der Waals surface area contributed by atoms with E-state index in [0.717, 1.165) is 18.4 Å². The van der Waals surface area contributed by atoms with E-state index < -0.39 is 0 Å². The summed E-state index contributed by atoms with van der Waals surface area (Å²) in [6, 6.07) is 9.12. The molecule has 68 valence electrons. The summed E-state index contributed by atoms with van der Waals surface area (Å²) in [6.07, 6.45) is 1.33. The number of nitrogens with two attached hydrogens (primary N) is 1. The van der Waals surface area contributed by atoms with E-state index in [0.29, 0.717) is 6.04 Å². The Hall–Kier alpha value is -1.02. The zero-order chi connectivity index (χ0) is 8.84. The fourth-order valence-electron chi connectivity index (χ4n) is 2.51. The van der Waals surface area contributed by atoms with Crippen LogP contribution in [0, 0.1) is 5.92 Å². The van der Waals surface area contributed by atoms with Gasteiger partial charge in [-0.1, -0.05) is 18.2 Å². The Balaban J connectivity index is 2.01. The number of hydrogen-bond acceptors (Lipinski definition) is 2. The van der Waals surface area contributed by atoms with E-state index in [-0.39, 0.29) is 0 Å². The lowest BCUT2D eigenvalue weighted by atomic mass is 9.98. The molecule has 0 saturated heterocycles. The van der Waals surface area contributed by atoms with Crippen LogP contribution >= 0.6 is 0 Å². The number of rotatable bonds is 1. The minimum atomic E-state index is 0.514. The quantitative estimate of drug-likeness (QED) is 0.677. The largest absolute Gasteiger partial charge is 0.381 e. The average molecular weight is 174 g/mol. The number of nitrogens with one attached hydrogen (secondary N) is 1. The molecule has 2 nitrogen and oxygen atoms in total. The standard InChI is InChI=1S/C11H14N2/c12-6-11-9-5-8(9)7-3-1-2-4-10(7)13-11/h1-4,8-9,11,13H,5-6,12H2. The van der Waals surface area contributed by atoms with Crippen LogP contribution in [0.5, 0.6) is 0 Å². The van der Waals surface area contributed by atoms with Gasteiger partial charge < -0.3 is 11.1 Å². The normalized spacial score (nSPS) is 34.4. The second-order valence-electron chi connectivity index (χ2n) is 4.08. The highest BCUT2D eigenvalue weighted by Gasteiger charge is 2.47. The van der Waals surface area contributed by atoms with Gasteiger partial charge in [-0.25, -0.2) is 0 Å². The smallest absolute Gasteiger partial charge is 0.0418 e.